The lowest BCUT2D eigenvalue weighted by Crippen LogP contribution is -2.47. The van der Waals surface area contributed by atoms with E-state index in [1.165, 1.54) is 0 Å². The van der Waals surface area contributed by atoms with E-state index in [4.69, 9.17) is 5.11 Å². The number of nitrogens with zero attached hydrogens (tertiary/aromatic N) is 1. The maximum atomic E-state index is 12.4. The minimum absolute atomic E-state index is 0.0223. The van der Waals surface area contributed by atoms with Gasteiger partial charge in [0.05, 0.1) is 12.3 Å². The number of carbonyl (C=O) groups is 2. The number of benzene rings is 1. The number of aryl methyl sites for hydroxylation is 1. The summed E-state index contributed by atoms with van der Waals surface area (Å²) in [6.07, 6.45) is 1.76. The molecule has 0 unspecified atom stereocenters. The second-order valence-electron chi connectivity index (χ2n) is 5.67. The number of carbonyl (C=O) groups excluding carboxylic acids is 1. The number of hydrogen-bond acceptors (Lipinski definition) is 2. The molecule has 0 saturated carbocycles. The van der Waals surface area contributed by atoms with Crippen molar-refractivity contribution in [3.05, 3.63) is 35.4 Å². The largest absolute Gasteiger partial charge is 0.481 e. The number of rotatable bonds is 3. The molecule has 4 heteroatoms. The van der Waals surface area contributed by atoms with Gasteiger partial charge in [0, 0.05) is 12.6 Å². The Bertz CT molecular complexity index is 512. The van der Waals surface area contributed by atoms with Crippen molar-refractivity contribution >= 4 is 11.9 Å². The van der Waals surface area contributed by atoms with E-state index < -0.39 is 11.9 Å². The zero-order chi connectivity index (χ0) is 14.7. The van der Waals surface area contributed by atoms with Crippen LogP contribution in [0.1, 0.15) is 30.9 Å². The van der Waals surface area contributed by atoms with Crippen molar-refractivity contribution in [3.63, 3.8) is 0 Å². The summed E-state index contributed by atoms with van der Waals surface area (Å²) in [4.78, 5) is 25.2. The molecule has 0 radical (unpaired) electrons. The van der Waals surface area contributed by atoms with Gasteiger partial charge in [0.1, 0.15) is 0 Å². The summed E-state index contributed by atoms with van der Waals surface area (Å²) in [7, 11) is 0. The quantitative estimate of drug-likeness (QED) is 0.920. The van der Waals surface area contributed by atoms with Crippen molar-refractivity contribution in [3.8, 4) is 0 Å². The van der Waals surface area contributed by atoms with Crippen LogP contribution in [0.25, 0.3) is 0 Å². The summed E-state index contributed by atoms with van der Waals surface area (Å²) in [6.45, 7) is 4.32. The van der Waals surface area contributed by atoms with Crippen molar-refractivity contribution in [2.24, 2.45) is 5.92 Å². The number of likely N-dealkylation sites (tertiary alicyclic amines) is 1. The first kappa shape index (κ1) is 14.6. The second-order valence-corrected chi connectivity index (χ2v) is 5.67. The lowest BCUT2D eigenvalue weighted by atomic mass is 9.93. The van der Waals surface area contributed by atoms with Crippen LogP contribution in [0.15, 0.2) is 24.3 Å². The minimum Gasteiger partial charge on any atom is -0.481 e. The van der Waals surface area contributed by atoms with E-state index in [1.54, 1.807) is 4.90 Å². The number of piperidine rings is 1. The third kappa shape index (κ3) is 3.38. The van der Waals surface area contributed by atoms with E-state index in [0.29, 0.717) is 19.4 Å². The molecular weight excluding hydrogens is 254 g/mol. The Morgan fingerprint density at radius 3 is 2.75 bits per heavy atom. The van der Waals surface area contributed by atoms with Gasteiger partial charge in [0.25, 0.3) is 0 Å². The molecule has 1 N–H and O–H groups in total. The highest BCUT2D eigenvalue weighted by Crippen LogP contribution is 2.23. The average Bonchev–Trinajstić information content (AvgIpc) is 2.38. The standard InChI is InChI=1S/C16H21NO3/c1-11-4-3-5-13(8-11)9-15(18)17-10-14(16(19)20)7-6-12(17)2/h3-5,8,12,14H,6-7,9-10H2,1-2H3,(H,19,20)/t12-,14+/m0/s1. The van der Waals surface area contributed by atoms with E-state index in [-0.39, 0.29) is 11.9 Å². The molecule has 0 aromatic heterocycles. The number of hydrogen-bond donors (Lipinski definition) is 1. The Balaban J connectivity index is 2.05. The molecule has 1 heterocycles. The van der Waals surface area contributed by atoms with Crippen molar-refractivity contribution in [1.29, 1.82) is 0 Å². The van der Waals surface area contributed by atoms with Gasteiger partial charge in [-0.2, -0.15) is 0 Å². The summed E-state index contributed by atoms with van der Waals surface area (Å²) in [6, 6.07) is 8.01. The predicted octanol–water partition coefficient (Wildman–Crippen LogP) is 2.25. The summed E-state index contributed by atoms with van der Waals surface area (Å²) >= 11 is 0. The number of carboxylic acid groups (broad SMARTS) is 1. The average molecular weight is 275 g/mol. The van der Waals surface area contributed by atoms with Crippen LogP contribution in [0.3, 0.4) is 0 Å². The topological polar surface area (TPSA) is 57.6 Å². The molecule has 2 atom stereocenters. The molecule has 1 aliphatic rings. The fourth-order valence-electron chi connectivity index (χ4n) is 2.75. The molecule has 1 aromatic carbocycles. The fraction of sp³-hybridized carbons (Fsp3) is 0.500. The maximum absolute atomic E-state index is 12.4. The molecule has 1 saturated heterocycles. The van der Waals surface area contributed by atoms with Crippen LogP contribution in [-0.2, 0) is 16.0 Å². The van der Waals surface area contributed by atoms with Crippen molar-refractivity contribution in [2.75, 3.05) is 6.54 Å². The highest BCUT2D eigenvalue weighted by atomic mass is 16.4. The van der Waals surface area contributed by atoms with Crippen molar-refractivity contribution in [2.45, 2.75) is 39.2 Å². The third-order valence-corrected chi connectivity index (χ3v) is 3.99. The lowest BCUT2D eigenvalue weighted by Gasteiger charge is -2.36. The Labute approximate surface area is 119 Å². The Kier molecular flexibility index (Phi) is 4.42. The van der Waals surface area contributed by atoms with Gasteiger partial charge in [-0.05, 0) is 32.3 Å². The molecule has 0 bridgehead atoms. The van der Waals surface area contributed by atoms with E-state index in [2.05, 4.69) is 0 Å². The van der Waals surface area contributed by atoms with Crippen molar-refractivity contribution in [1.82, 2.24) is 4.90 Å². The SMILES string of the molecule is Cc1cccc(CC(=O)N2C[C@H](C(=O)O)CC[C@@H]2C)c1. The maximum Gasteiger partial charge on any atom is 0.308 e. The van der Waals surface area contributed by atoms with Gasteiger partial charge in [-0.25, -0.2) is 0 Å². The van der Waals surface area contributed by atoms with E-state index in [1.807, 2.05) is 38.1 Å². The zero-order valence-electron chi connectivity index (χ0n) is 12.0. The van der Waals surface area contributed by atoms with E-state index in [0.717, 1.165) is 17.5 Å². The summed E-state index contributed by atoms with van der Waals surface area (Å²) in [5.41, 5.74) is 2.12. The fourth-order valence-corrected chi connectivity index (χ4v) is 2.75. The van der Waals surface area contributed by atoms with Crippen LogP contribution in [-0.4, -0.2) is 34.5 Å². The molecule has 1 aliphatic heterocycles. The zero-order valence-corrected chi connectivity index (χ0v) is 12.0. The van der Waals surface area contributed by atoms with Crippen LogP contribution >= 0.6 is 0 Å². The van der Waals surface area contributed by atoms with Crippen LogP contribution in [0.2, 0.25) is 0 Å². The molecule has 1 amide bonds. The van der Waals surface area contributed by atoms with Crippen molar-refractivity contribution < 1.29 is 14.7 Å². The molecular formula is C16H21NO3. The van der Waals surface area contributed by atoms with Gasteiger partial charge in [-0.3, -0.25) is 9.59 Å². The first-order valence-electron chi connectivity index (χ1n) is 7.05. The Morgan fingerprint density at radius 1 is 1.35 bits per heavy atom. The smallest absolute Gasteiger partial charge is 0.308 e. The molecule has 0 spiro atoms. The first-order chi connectivity index (χ1) is 9.47. The Morgan fingerprint density at radius 2 is 2.10 bits per heavy atom. The molecule has 4 nitrogen and oxygen atoms in total. The highest BCUT2D eigenvalue weighted by Gasteiger charge is 2.32. The van der Waals surface area contributed by atoms with E-state index in [9.17, 15) is 9.59 Å². The van der Waals surface area contributed by atoms with Gasteiger partial charge < -0.3 is 10.0 Å². The monoisotopic (exact) mass is 275 g/mol. The normalized spacial score (nSPS) is 22.6. The molecule has 20 heavy (non-hydrogen) atoms. The minimum atomic E-state index is -0.801. The first-order valence-corrected chi connectivity index (χ1v) is 7.05. The number of carboxylic acids is 1. The third-order valence-electron chi connectivity index (χ3n) is 3.99. The van der Waals surface area contributed by atoms with Gasteiger partial charge >= 0.3 is 5.97 Å². The van der Waals surface area contributed by atoms with Crippen LogP contribution in [0, 0.1) is 12.8 Å². The van der Waals surface area contributed by atoms with Crippen LogP contribution in [0.5, 0.6) is 0 Å². The Hall–Kier alpha value is -1.84. The van der Waals surface area contributed by atoms with E-state index >= 15 is 0 Å². The number of aliphatic carboxylic acids is 1. The number of amides is 1. The molecule has 0 aliphatic carbocycles. The predicted molar refractivity (Wildman–Crippen MR) is 76.4 cm³/mol. The van der Waals surface area contributed by atoms with Crippen LogP contribution < -0.4 is 0 Å². The van der Waals surface area contributed by atoms with Crippen LogP contribution in [0.4, 0.5) is 0 Å². The molecule has 1 fully saturated rings. The molecule has 108 valence electrons. The van der Waals surface area contributed by atoms with Gasteiger partial charge in [0.2, 0.25) is 5.91 Å². The summed E-state index contributed by atoms with van der Waals surface area (Å²) in [5, 5.41) is 9.11. The second kappa shape index (κ2) is 6.07. The molecule has 1 aromatic rings. The van der Waals surface area contributed by atoms with Gasteiger partial charge in [-0.15, -0.1) is 0 Å². The summed E-state index contributed by atoms with van der Waals surface area (Å²) in [5.74, 6) is -1.20. The van der Waals surface area contributed by atoms with Gasteiger partial charge in [0.15, 0.2) is 0 Å². The highest BCUT2D eigenvalue weighted by molar-refractivity contribution is 5.80. The summed E-state index contributed by atoms with van der Waals surface area (Å²) < 4.78 is 0. The molecule has 2 rings (SSSR count). The van der Waals surface area contributed by atoms with Gasteiger partial charge in [-0.1, -0.05) is 29.8 Å². The lowest BCUT2D eigenvalue weighted by molar-refractivity contribution is -0.146.